The lowest BCUT2D eigenvalue weighted by atomic mass is 9.95. The first-order valence-electron chi connectivity index (χ1n) is 32.6. The smallest absolute Gasteiger partial charge is 0.246 e. The topological polar surface area (TPSA) is 340 Å². The highest BCUT2D eigenvalue weighted by Crippen LogP contribution is 2.32. The van der Waals surface area contributed by atoms with E-state index < -0.39 is 144 Å². The molecule has 4 aromatic carbocycles. The minimum atomic E-state index is -1.79. The van der Waals surface area contributed by atoms with Crippen LogP contribution in [0.4, 0.5) is 13.2 Å². The Hall–Kier alpha value is -9.79. The third kappa shape index (κ3) is 17.6. The Morgan fingerprint density at radius 1 is 0.615 bits per heavy atom. The van der Waals surface area contributed by atoms with Crippen molar-refractivity contribution in [2.24, 2.45) is 5.73 Å². The number of fused-ring (bicyclic) bond motifs is 30. The van der Waals surface area contributed by atoms with Crippen LogP contribution in [-0.2, 0) is 80.2 Å². The van der Waals surface area contributed by atoms with E-state index in [1.807, 2.05) is 24.3 Å². The van der Waals surface area contributed by atoms with Crippen molar-refractivity contribution in [2.45, 2.75) is 165 Å². The van der Waals surface area contributed by atoms with Crippen LogP contribution in [0.5, 0.6) is 5.75 Å². The third-order valence-corrected chi connectivity index (χ3v) is 18.2. The van der Waals surface area contributed by atoms with Gasteiger partial charge < -0.3 is 72.8 Å². The zero-order chi connectivity index (χ0) is 68.8. The molecule has 2 saturated heterocycles. The molecule has 512 valence electrons. The lowest BCUT2D eigenvalue weighted by Gasteiger charge is -2.36. The normalized spacial score (nSPS) is 24.6. The number of benzene rings is 4. The van der Waals surface area contributed by atoms with E-state index in [2.05, 4.69) is 52.5 Å². The van der Waals surface area contributed by atoms with Crippen LogP contribution in [0.3, 0.4) is 0 Å². The quantitative estimate of drug-likeness (QED) is 0.0620. The molecular formula is C69H84F3N13O11. The van der Waals surface area contributed by atoms with Crippen LogP contribution in [0.25, 0.3) is 21.8 Å². The molecule has 4 aliphatic heterocycles. The van der Waals surface area contributed by atoms with E-state index in [9.17, 15) is 42.3 Å². The Bertz CT molecular complexity index is 3830. The fourth-order valence-electron chi connectivity index (χ4n) is 12.6. The van der Waals surface area contributed by atoms with Crippen molar-refractivity contribution < 1.29 is 65.9 Å². The van der Waals surface area contributed by atoms with E-state index in [1.165, 1.54) is 67.7 Å². The highest BCUT2D eigenvalue weighted by Gasteiger charge is 2.48. The van der Waals surface area contributed by atoms with E-state index in [0.717, 1.165) is 16.0 Å². The van der Waals surface area contributed by atoms with Crippen LogP contribution < -0.4 is 53.0 Å². The maximum absolute atomic E-state index is 16.1. The SMILES string of the molecule is CC[C@@H]1NC(=O)[C@@H]2C[C@H](F)CN2C(=O)[C@H](Cc2c[nH]c3ccc(F)cc23)NC(=O)[C@H](Cc2c[nH]c3ccc(F)cc23)NC(=O)[C@@H](C)NC(=O)[C@H](CCCCN)NC(=O)CCC(=O)NCc2ccc(cc2)CCNC(=O)[C@]2(C)CCCN2C(=O)[C@H](Cc2ccc(OC)cc2)NC1=O. The number of nitrogens with zero attached hydrogens (tertiary/aromatic N) is 2. The Labute approximate surface area is 553 Å². The van der Waals surface area contributed by atoms with E-state index in [1.54, 1.807) is 38.1 Å². The van der Waals surface area contributed by atoms with Gasteiger partial charge >= 0.3 is 0 Å². The second kappa shape index (κ2) is 32.1. The molecule has 2 bridgehead atoms. The van der Waals surface area contributed by atoms with E-state index in [4.69, 9.17) is 10.5 Å². The molecule has 4 aliphatic rings. The number of unbranched alkanes of at least 4 members (excludes halogenated alkanes) is 1. The summed E-state index contributed by atoms with van der Waals surface area (Å²) in [5.41, 5.74) is 8.24. The van der Waals surface area contributed by atoms with Gasteiger partial charge in [-0.1, -0.05) is 43.3 Å². The Kier molecular flexibility index (Phi) is 23.6. The number of carbonyl (C=O) groups is 10. The molecule has 6 aromatic rings. The summed E-state index contributed by atoms with van der Waals surface area (Å²) in [4.78, 5) is 153. The van der Waals surface area contributed by atoms with Gasteiger partial charge in [0.1, 0.15) is 71.4 Å². The van der Waals surface area contributed by atoms with E-state index >= 15 is 18.8 Å². The molecule has 2 aromatic heterocycles. The summed E-state index contributed by atoms with van der Waals surface area (Å²) in [5.74, 6) is -8.17. The van der Waals surface area contributed by atoms with Gasteiger partial charge in [0.05, 0.1) is 13.7 Å². The number of aromatic amines is 2. The number of ether oxygens (including phenoxy) is 1. The summed E-state index contributed by atoms with van der Waals surface area (Å²) >= 11 is 0. The fraction of sp³-hybridized carbons (Fsp3) is 0.449. The fourth-order valence-corrected chi connectivity index (χ4v) is 12.6. The third-order valence-electron chi connectivity index (χ3n) is 18.2. The lowest BCUT2D eigenvalue weighted by molar-refractivity contribution is -0.146. The summed E-state index contributed by atoms with van der Waals surface area (Å²) in [6, 6.07) is 11.8. The predicted molar refractivity (Wildman–Crippen MR) is 350 cm³/mol. The second-order valence-corrected chi connectivity index (χ2v) is 25.1. The van der Waals surface area contributed by atoms with Crippen molar-refractivity contribution in [3.8, 4) is 5.75 Å². The number of alkyl halides is 1. The Balaban J connectivity index is 1.04. The zero-order valence-corrected chi connectivity index (χ0v) is 54.2. The molecule has 12 N–H and O–H groups in total. The van der Waals surface area contributed by atoms with Crippen molar-refractivity contribution >= 4 is 80.9 Å². The maximum Gasteiger partial charge on any atom is 0.246 e. The van der Waals surface area contributed by atoms with E-state index in [0.29, 0.717) is 76.3 Å². The number of nitrogens with one attached hydrogen (secondary N) is 10. The van der Waals surface area contributed by atoms with Gasteiger partial charge in [-0.15, -0.1) is 0 Å². The van der Waals surface area contributed by atoms with Gasteiger partial charge in [-0.25, -0.2) is 13.2 Å². The van der Waals surface area contributed by atoms with Crippen LogP contribution in [0.2, 0.25) is 0 Å². The number of H-pyrrole nitrogens is 2. The van der Waals surface area contributed by atoms with E-state index in [-0.39, 0.29) is 64.7 Å². The number of methoxy groups -OCH3 is 1. The first-order chi connectivity index (χ1) is 46.0. The molecular weight excluding hydrogens is 1240 g/mol. The summed E-state index contributed by atoms with van der Waals surface area (Å²) in [6.45, 7) is 4.74. The molecule has 6 heterocycles. The van der Waals surface area contributed by atoms with Crippen LogP contribution in [0, 0.1) is 11.6 Å². The summed E-state index contributed by atoms with van der Waals surface area (Å²) < 4.78 is 51.3. The van der Waals surface area contributed by atoms with Gasteiger partial charge in [0.15, 0.2) is 0 Å². The van der Waals surface area contributed by atoms with Gasteiger partial charge in [0, 0.05) is 92.4 Å². The molecule has 96 heavy (non-hydrogen) atoms. The molecule has 2 fully saturated rings. The average molecular weight is 1330 g/mol. The number of hydrogen-bond acceptors (Lipinski definition) is 12. The summed E-state index contributed by atoms with van der Waals surface area (Å²) in [5, 5.41) is 22.7. The highest BCUT2D eigenvalue weighted by molar-refractivity contribution is 6.00. The second-order valence-electron chi connectivity index (χ2n) is 25.1. The number of carbonyl (C=O) groups excluding carboxylic acids is 10. The molecule has 0 radical (unpaired) electrons. The first kappa shape index (κ1) is 70.5. The van der Waals surface area contributed by atoms with Crippen LogP contribution in [-0.4, -0.2) is 166 Å². The van der Waals surface area contributed by atoms with Gasteiger partial charge in [-0.2, -0.15) is 0 Å². The molecule has 9 atom stereocenters. The molecule has 10 rings (SSSR count). The van der Waals surface area contributed by atoms with Crippen LogP contribution in [0.1, 0.15) is 106 Å². The van der Waals surface area contributed by atoms with Crippen LogP contribution in [0.15, 0.2) is 97.3 Å². The number of rotatable bonds is 12. The number of aromatic nitrogens is 2. The Morgan fingerprint density at radius 2 is 1.20 bits per heavy atom. The monoisotopic (exact) mass is 1330 g/mol. The van der Waals surface area contributed by atoms with Gasteiger partial charge in [-0.05, 0) is 142 Å². The number of amides is 10. The number of hydrogen-bond donors (Lipinski definition) is 11. The molecule has 0 saturated carbocycles. The molecule has 10 amide bonds. The van der Waals surface area contributed by atoms with Crippen LogP contribution >= 0.6 is 0 Å². The highest BCUT2D eigenvalue weighted by atomic mass is 19.1. The number of halogens is 3. The molecule has 0 unspecified atom stereocenters. The predicted octanol–water partition coefficient (Wildman–Crippen LogP) is 3.52. The molecule has 0 aliphatic carbocycles. The van der Waals surface area contributed by atoms with Crippen molar-refractivity contribution in [1.29, 1.82) is 0 Å². The van der Waals surface area contributed by atoms with Crippen molar-refractivity contribution in [1.82, 2.24) is 62.3 Å². The van der Waals surface area contributed by atoms with Gasteiger partial charge in [0.25, 0.3) is 0 Å². The number of nitrogens with two attached hydrogens (primary N) is 1. The standard InChI is InChI=1S/C69H84F3N13O11/c1-5-51-62(89)82-56(29-41-14-18-48(96-4)19-15-41)67(94)85-28-8-25-69(85,3)68(95)74-27-24-40-10-12-42(13-11-40)35-77-59(86)22-23-60(87)79-54(9-6-7-26-73)63(90)78-39(2)61(88)81-55(30-43-36-75-52-20-16-45(70)32-49(43)52)64(91)83-57(31-44-37-76-53-21-17-46(71)33-50(44)53)66(93)84-38-47(72)34-58(84)65(92)80-51/h10-21,32-33,36-37,39,47,51,54-58,75-76H,5-9,22-31,34-35,38,73H2,1-4H3,(H,74,95)(H,77,86)(H,78,90)(H,79,87)(H,80,92)(H,81,88)(H,82,89)(H,83,91)/t39-,47+,51+,54+,55+,56+,57+,58+,69+/m1/s1. The van der Waals surface area contributed by atoms with Gasteiger partial charge in [0.2, 0.25) is 59.1 Å². The first-order valence-corrected chi connectivity index (χ1v) is 32.6. The maximum atomic E-state index is 16.1. The molecule has 0 spiro atoms. The lowest BCUT2D eigenvalue weighted by Crippen LogP contribution is -2.62. The summed E-state index contributed by atoms with van der Waals surface area (Å²) in [6.07, 6.45) is 1.45. The Morgan fingerprint density at radius 3 is 1.83 bits per heavy atom. The zero-order valence-electron chi connectivity index (χ0n) is 54.2. The minimum Gasteiger partial charge on any atom is -0.497 e. The van der Waals surface area contributed by atoms with Gasteiger partial charge in [-0.3, -0.25) is 47.9 Å². The summed E-state index contributed by atoms with van der Waals surface area (Å²) in [7, 11) is 1.50. The minimum absolute atomic E-state index is 0.0502. The molecule has 24 nitrogen and oxygen atoms in total. The van der Waals surface area contributed by atoms with Crippen molar-refractivity contribution in [3.05, 3.63) is 137 Å². The van der Waals surface area contributed by atoms with Crippen molar-refractivity contribution in [2.75, 3.05) is 33.3 Å². The van der Waals surface area contributed by atoms with Crippen molar-refractivity contribution in [3.63, 3.8) is 0 Å². The largest absolute Gasteiger partial charge is 0.497 e. The average Bonchev–Trinajstić information content (AvgIpc) is 1.57. The molecule has 27 heteroatoms.